The molecule has 2 amide bonds. The molecule has 1 saturated heterocycles. The Morgan fingerprint density at radius 1 is 1.23 bits per heavy atom. The number of rotatable bonds is 2. The molecule has 5 heteroatoms. The normalized spacial score (nSPS) is 33.3. The summed E-state index contributed by atoms with van der Waals surface area (Å²) in [6.07, 6.45) is 7.07. The van der Waals surface area contributed by atoms with Gasteiger partial charge in [0.15, 0.2) is 0 Å². The molecule has 1 aliphatic heterocycles. The van der Waals surface area contributed by atoms with E-state index in [0.29, 0.717) is 24.9 Å². The second-order valence-electron chi connectivity index (χ2n) is 7.81. The van der Waals surface area contributed by atoms with E-state index in [1.165, 1.54) is 0 Å². The molecular weight excluding hydrogens is 280 g/mol. The molecule has 3 aliphatic rings. The molecule has 2 bridgehead atoms. The van der Waals surface area contributed by atoms with E-state index in [-0.39, 0.29) is 24.0 Å². The maximum atomic E-state index is 12.4. The highest BCUT2D eigenvalue weighted by molar-refractivity contribution is 5.80. The van der Waals surface area contributed by atoms with Crippen molar-refractivity contribution in [2.24, 2.45) is 17.8 Å². The lowest BCUT2D eigenvalue weighted by molar-refractivity contribution is -0.126. The van der Waals surface area contributed by atoms with Gasteiger partial charge in [-0.3, -0.25) is 4.79 Å². The molecule has 1 N–H and O–H groups in total. The summed E-state index contributed by atoms with van der Waals surface area (Å²) in [4.78, 5) is 26.1. The molecular formula is C17H26N2O3. The average Bonchev–Trinajstić information content (AvgIpc) is 3.12. The van der Waals surface area contributed by atoms with Crippen molar-refractivity contribution < 1.29 is 14.3 Å². The van der Waals surface area contributed by atoms with Crippen molar-refractivity contribution in [3.63, 3.8) is 0 Å². The van der Waals surface area contributed by atoms with E-state index in [2.05, 4.69) is 17.5 Å². The van der Waals surface area contributed by atoms with Crippen LogP contribution in [-0.2, 0) is 9.53 Å². The molecule has 0 aromatic carbocycles. The Balaban J connectivity index is 1.48. The van der Waals surface area contributed by atoms with E-state index >= 15 is 0 Å². The van der Waals surface area contributed by atoms with Gasteiger partial charge in [-0.1, -0.05) is 12.2 Å². The fourth-order valence-electron chi connectivity index (χ4n) is 3.76. The second kappa shape index (κ2) is 5.60. The summed E-state index contributed by atoms with van der Waals surface area (Å²) in [6, 6.07) is 0.0584. The highest BCUT2D eigenvalue weighted by Crippen LogP contribution is 2.43. The first-order chi connectivity index (χ1) is 10.3. The minimum atomic E-state index is -0.478. The van der Waals surface area contributed by atoms with Crippen LogP contribution in [-0.4, -0.2) is 41.6 Å². The molecule has 0 aromatic rings. The fraction of sp³-hybridized carbons (Fsp3) is 0.765. The topological polar surface area (TPSA) is 58.6 Å². The van der Waals surface area contributed by atoms with Gasteiger partial charge in [-0.25, -0.2) is 4.79 Å². The zero-order chi connectivity index (χ0) is 15.9. The molecule has 5 nitrogen and oxygen atoms in total. The standard InChI is InChI=1S/C17H26N2O3/c1-17(2,3)22-16(21)19-7-6-13(10-19)18-15(20)14-9-11-4-5-12(14)8-11/h4-5,11-14H,6-10H2,1-3H3,(H,18,20)/t11-,12-,13+,14-/m0/s1. The number of nitrogens with zero attached hydrogens (tertiary/aromatic N) is 1. The monoisotopic (exact) mass is 306 g/mol. The number of ether oxygens (including phenoxy) is 1. The van der Waals surface area contributed by atoms with Crippen molar-refractivity contribution in [3.05, 3.63) is 12.2 Å². The van der Waals surface area contributed by atoms with Crippen LogP contribution in [0.5, 0.6) is 0 Å². The van der Waals surface area contributed by atoms with E-state index in [1.807, 2.05) is 20.8 Å². The van der Waals surface area contributed by atoms with E-state index in [1.54, 1.807) is 4.90 Å². The fourth-order valence-corrected chi connectivity index (χ4v) is 3.76. The first kappa shape index (κ1) is 15.4. The van der Waals surface area contributed by atoms with E-state index in [0.717, 1.165) is 19.3 Å². The SMILES string of the molecule is CC(C)(C)OC(=O)N1CC[C@@H](NC(=O)[C@H]2C[C@H]3C=C[C@H]2C3)C1. The molecule has 0 spiro atoms. The van der Waals surface area contributed by atoms with Crippen molar-refractivity contribution in [2.75, 3.05) is 13.1 Å². The smallest absolute Gasteiger partial charge is 0.410 e. The van der Waals surface area contributed by atoms with Crippen molar-refractivity contribution in [2.45, 2.75) is 51.7 Å². The van der Waals surface area contributed by atoms with Crippen LogP contribution in [0.4, 0.5) is 4.79 Å². The van der Waals surface area contributed by atoms with Crippen molar-refractivity contribution in [1.29, 1.82) is 0 Å². The number of hydrogen-bond acceptors (Lipinski definition) is 3. The Morgan fingerprint density at radius 2 is 2.00 bits per heavy atom. The zero-order valence-corrected chi connectivity index (χ0v) is 13.7. The van der Waals surface area contributed by atoms with Crippen molar-refractivity contribution in [3.8, 4) is 0 Å². The zero-order valence-electron chi connectivity index (χ0n) is 13.7. The molecule has 0 aromatic heterocycles. The molecule has 3 rings (SSSR count). The first-order valence-electron chi connectivity index (χ1n) is 8.28. The molecule has 2 aliphatic carbocycles. The van der Waals surface area contributed by atoms with Gasteiger partial charge >= 0.3 is 6.09 Å². The summed E-state index contributed by atoms with van der Waals surface area (Å²) in [5.74, 6) is 1.31. The number of nitrogens with one attached hydrogen (secondary N) is 1. The highest BCUT2D eigenvalue weighted by atomic mass is 16.6. The summed E-state index contributed by atoms with van der Waals surface area (Å²) in [5.41, 5.74) is -0.478. The number of hydrogen-bond donors (Lipinski definition) is 1. The first-order valence-corrected chi connectivity index (χ1v) is 8.28. The van der Waals surface area contributed by atoms with Gasteiger partial charge in [-0.05, 0) is 51.9 Å². The van der Waals surface area contributed by atoms with Crippen LogP contribution in [0.25, 0.3) is 0 Å². The van der Waals surface area contributed by atoms with Crippen molar-refractivity contribution in [1.82, 2.24) is 10.2 Å². The minimum absolute atomic E-state index is 0.0584. The lowest BCUT2D eigenvalue weighted by atomic mass is 9.92. The third-order valence-corrected chi connectivity index (χ3v) is 4.80. The highest BCUT2D eigenvalue weighted by Gasteiger charge is 2.41. The van der Waals surface area contributed by atoms with Gasteiger partial charge in [-0.2, -0.15) is 0 Å². The molecule has 22 heavy (non-hydrogen) atoms. The van der Waals surface area contributed by atoms with Gasteiger partial charge < -0.3 is 15.0 Å². The molecule has 1 saturated carbocycles. The summed E-state index contributed by atoms with van der Waals surface area (Å²) in [6.45, 7) is 6.79. The Hall–Kier alpha value is -1.52. The van der Waals surface area contributed by atoms with Gasteiger partial charge in [0.2, 0.25) is 5.91 Å². The number of allylic oxidation sites excluding steroid dienone is 2. The number of carbonyl (C=O) groups is 2. The average molecular weight is 306 g/mol. The molecule has 0 unspecified atom stereocenters. The van der Waals surface area contributed by atoms with Crippen LogP contribution in [0.1, 0.15) is 40.0 Å². The third kappa shape index (κ3) is 3.28. The number of carbonyl (C=O) groups excluding carboxylic acids is 2. The summed E-state index contributed by atoms with van der Waals surface area (Å²) in [5, 5.41) is 3.13. The lowest BCUT2D eigenvalue weighted by Crippen LogP contribution is -2.43. The van der Waals surface area contributed by atoms with Gasteiger partial charge in [0, 0.05) is 25.0 Å². The Labute approximate surface area is 132 Å². The summed E-state index contributed by atoms with van der Waals surface area (Å²) in [7, 11) is 0. The maximum Gasteiger partial charge on any atom is 0.410 e. The maximum absolute atomic E-state index is 12.4. The van der Waals surface area contributed by atoms with Crippen LogP contribution in [0.2, 0.25) is 0 Å². The van der Waals surface area contributed by atoms with Crippen molar-refractivity contribution >= 4 is 12.0 Å². The molecule has 4 atom stereocenters. The van der Waals surface area contributed by atoms with E-state index < -0.39 is 5.60 Å². The van der Waals surface area contributed by atoms with Crippen LogP contribution in [0.3, 0.4) is 0 Å². The predicted molar refractivity (Wildman–Crippen MR) is 83.2 cm³/mol. The minimum Gasteiger partial charge on any atom is -0.444 e. The molecule has 0 radical (unpaired) electrons. The number of fused-ring (bicyclic) bond motifs is 2. The van der Waals surface area contributed by atoms with E-state index in [4.69, 9.17) is 4.74 Å². The summed E-state index contributed by atoms with van der Waals surface area (Å²) < 4.78 is 5.38. The van der Waals surface area contributed by atoms with Gasteiger partial charge in [0.25, 0.3) is 0 Å². The predicted octanol–water partition coefficient (Wildman–Crippen LogP) is 2.32. The van der Waals surface area contributed by atoms with Crippen LogP contribution >= 0.6 is 0 Å². The lowest BCUT2D eigenvalue weighted by Gasteiger charge is -2.25. The molecule has 122 valence electrons. The Bertz CT molecular complexity index is 495. The number of amides is 2. The third-order valence-electron chi connectivity index (χ3n) is 4.80. The molecule has 2 fully saturated rings. The second-order valence-corrected chi connectivity index (χ2v) is 7.81. The Kier molecular flexibility index (Phi) is 3.91. The van der Waals surface area contributed by atoms with Crippen LogP contribution < -0.4 is 5.32 Å². The van der Waals surface area contributed by atoms with Gasteiger partial charge in [0.05, 0.1) is 0 Å². The van der Waals surface area contributed by atoms with Crippen LogP contribution in [0, 0.1) is 17.8 Å². The largest absolute Gasteiger partial charge is 0.444 e. The quantitative estimate of drug-likeness (QED) is 0.797. The van der Waals surface area contributed by atoms with Gasteiger partial charge in [-0.15, -0.1) is 0 Å². The van der Waals surface area contributed by atoms with E-state index in [9.17, 15) is 9.59 Å². The Morgan fingerprint density at radius 3 is 2.59 bits per heavy atom. The summed E-state index contributed by atoms with van der Waals surface area (Å²) >= 11 is 0. The van der Waals surface area contributed by atoms with Gasteiger partial charge in [0.1, 0.15) is 5.60 Å². The van der Waals surface area contributed by atoms with Crippen LogP contribution in [0.15, 0.2) is 12.2 Å². The number of likely N-dealkylation sites (tertiary alicyclic amines) is 1. The molecule has 1 heterocycles.